The number of carboxylic acid groups (broad SMARTS) is 1. The molecule has 3 nitrogen and oxygen atoms in total. The summed E-state index contributed by atoms with van der Waals surface area (Å²) in [7, 11) is 0. The van der Waals surface area contributed by atoms with Crippen LogP contribution < -0.4 is 0 Å². The van der Waals surface area contributed by atoms with Crippen molar-refractivity contribution in [2.24, 2.45) is 0 Å². The van der Waals surface area contributed by atoms with E-state index in [9.17, 15) is 4.79 Å². The van der Waals surface area contributed by atoms with Crippen LogP contribution in [0.4, 0.5) is 0 Å². The fraction of sp³-hybridized carbons (Fsp3) is 0.667. The zero-order valence-electron chi connectivity index (χ0n) is 5.38. The van der Waals surface area contributed by atoms with Crippen LogP contribution in [0.3, 0.4) is 0 Å². The molecule has 0 aromatic heterocycles. The van der Waals surface area contributed by atoms with E-state index in [1.54, 1.807) is 0 Å². The van der Waals surface area contributed by atoms with Gasteiger partial charge in [-0.15, -0.1) is 0 Å². The smallest absolute Gasteiger partial charge is 0.332 e. The molecule has 0 aromatic carbocycles. The van der Waals surface area contributed by atoms with Crippen molar-refractivity contribution in [2.45, 2.75) is 13.0 Å². The third-order valence-electron chi connectivity index (χ3n) is 0.357. The number of aliphatic hydroxyl groups is 1. The molecule has 0 aromatic rings. The van der Waals surface area contributed by atoms with E-state index >= 15 is 0 Å². The predicted molar refractivity (Wildman–Crippen MR) is 30.8 cm³/mol. The molecule has 0 bridgehead atoms. The van der Waals surface area contributed by atoms with Crippen LogP contribution in [0.15, 0.2) is 0 Å². The average Bonchev–Trinajstić information content (AvgIpc) is 1.36. The molecular weight excluding hydrogens is 146 g/mol. The van der Waals surface area contributed by atoms with Crippen molar-refractivity contribution < 1.29 is 15.0 Å². The second kappa shape index (κ2) is 9.07. The maximum atomic E-state index is 9.45. The number of aliphatic carboxylic acids is 1. The minimum Gasteiger partial charge on any atom is -0.479 e. The van der Waals surface area contributed by atoms with Crippen LogP contribution in [-0.2, 0) is 4.79 Å². The van der Waals surface area contributed by atoms with Crippen molar-refractivity contribution in [3.05, 3.63) is 0 Å². The Hall–Kier alpha value is 2.07. The van der Waals surface area contributed by atoms with Gasteiger partial charge in [-0.2, -0.15) is 0 Å². The Bertz CT molecular complexity index is 65.5. The zero-order chi connectivity index (χ0) is 5.15. The second-order valence-electron chi connectivity index (χ2n) is 1.01. The first-order chi connectivity index (χ1) is 2.64. The molecule has 0 saturated carbocycles. The molecule has 0 rings (SSSR count). The molecule has 0 amide bonds. The molecule has 1 unspecified atom stereocenters. The van der Waals surface area contributed by atoms with E-state index in [-0.39, 0.29) is 80.9 Å². The van der Waals surface area contributed by atoms with Gasteiger partial charge < -0.3 is 10.2 Å². The van der Waals surface area contributed by atoms with E-state index in [1.807, 2.05) is 0 Å². The summed E-state index contributed by atoms with van der Waals surface area (Å²) < 4.78 is 0. The first-order valence-electron chi connectivity index (χ1n) is 1.55. The quantitative estimate of drug-likeness (QED) is 0.459. The summed E-state index contributed by atoms with van der Waals surface area (Å²) >= 11 is 0. The summed E-state index contributed by atoms with van der Waals surface area (Å²) in [5.74, 6) is -1.19. The monoisotopic (exact) mass is 152 g/mol. The van der Waals surface area contributed by atoms with Crippen LogP contribution >= 0.6 is 0 Å². The van der Waals surface area contributed by atoms with Crippen molar-refractivity contribution in [3.63, 3.8) is 0 Å². The minimum absolute atomic E-state index is 0. The SMILES string of the molecule is CC(O)C(=O)O.[K].[Na]. The van der Waals surface area contributed by atoms with E-state index in [2.05, 4.69) is 0 Å². The summed E-state index contributed by atoms with van der Waals surface area (Å²) in [6, 6.07) is 0. The third kappa shape index (κ3) is 10.9. The number of hydrogen-bond acceptors (Lipinski definition) is 2. The van der Waals surface area contributed by atoms with E-state index in [4.69, 9.17) is 10.2 Å². The van der Waals surface area contributed by atoms with Gasteiger partial charge in [0.1, 0.15) is 6.10 Å². The Labute approximate surface area is 113 Å². The van der Waals surface area contributed by atoms with Crippen LogP contribution in [0, 0.1) is 0 Å². The first-order valence-corrected chi connectivity index (χ1v) is 1.55. The number of hydrogen-bond donors (Lipinski definition) is 2. The normalized spacial score (nSPS) is 10.2. The Balaban J connectivity index is -0.000000125. The van der Waals surface area contributed by atoms with Gasteiger partial charge in [0, 0.05) is 80.9 Å². The number of carboxylic acids is 1. The molecule has 2 N–H and O–H groups in total. The Kier molecular flexibility index (Phi) is 18.8. The van der Waals surface area contributed by atoms with Crippen LogP contribution in [0.25, 0.3) is 0 Å². The molecule has 0 aliphatic carbocycles. The standard InChI is InChI=1S/C3H6O3.K.Na/c1-2(4)3(5)6;;/h2,4H,1H3,(H,5,6);;. The van der Waals surface area contributed by atoms with Crippen LogP contribution in [0.5, 0.6) is 0 Å². The van der Waals surface area contributed by atoms with E-state index in [0.29, 0.717) is 0 Å². The van der Waals surface area contributed by atoms with E-state index in [1.165, 1.54) is 6.92 Å². The molecule has 0 saturated heterocycles. The van der Waals surface area contributed by atoms with Crippen molar-refractivity contribution in [1.29, 1.82) is 0 Å². The van der Waals surface area contributed by atoms with Crippen LogP contribution in [0.1, 0.15) is 6.92 Å². The molecule has 38 valence electrons. The van der Waals surface area contributed by atoms with Gasteiger partial charge in [0.05, 0.1) is 0 Å². The van der Waals surface area contributed by atoms with Crippen molar-refractivity contribution in [2.75, 3.05) is 0 Å². The largest absolute Gasteiger partial charge is 0.479 e. The summed E-state index contributed by atoms with van der Waals surface area (Å²) in [5, 5.41) is 15.8. The molecule has 0 heterocycles. The van der Waals surface area contributed by atoms with E-state index in [0.717, 1.165) is 0 Å². The summed E-state index contributed by atoms with van der Waals surface area (Å²) in [6.07, 6.45) is -1.23. The molecule has 5 heteroatoms. The van der Waals surface area contributed by atoms with Crippen molar-refractivity contribution in [3.8, 4) is 0 Å². The Morgan fingerprint density at radius 1 is 1.62 bits per heavy atom. The fourth-order valence-electron chi connectivity index (χ4n) is 0. The Morgan fingerprint density at radius 2 is 1.75 bits per heavy atom. The first kappa shape index (κ1) is 16.6. The van der Waals surface area contributed by atoms with Gasteiger partial charge in [-0.05, 0) is 6.92 Å². The van der Waals surface area contributed by atoms with E-state index < -0.39 is 12.1 Å². The third-order valence-corrected chi connectivity index (χ3v) is 0.357. The Morgan fingerprint density at radius 3 is 1.75 bits per heavy atom. The number of aliphatic hydroxyl groups excluding tert-OH is 1. The molecule has 0 aliphatic heterocycles. The summed E-state index contributed by atoms with van der Waals surface area (Å²) in [4.78, 5) is 9.45. The van der Waals surface area contributed by atoms with Gasteiger partial charge in [0.25, 0.3) is 0 Å². The number of carbonyl (C=O) groups is 1. The fourth-order valence-corrected chi connectivity index (χ4v) is 0. The molecule has 1 atom stereocenters. The maximum absolute atomic E-state index is 9.45. The van der Waals surface area contributed by atoms with Gasteiger partial charge in [-0.25, -0.2) is 4.79 Å². The van der Waals surface area contributed by atoms with Gasteiger partial charge in [0.15, 0.2) is 0 Å². The molecular formula is C3H6KNaO3. The number of rotatable bonds is 1. The van der Waals surface area contributed by atoms with Gasteiger partial charge in [-0.3, -0.25) is 0 Å². The maximum Gasteiger partial charge on any atom is 0.332 e. The average molecular weight is 152 g/mol. The molecule has 0 fully saturated rings. The topological polar surface area (TPSA) is 57.5 Å². The molecule has 0 spiro atoms. The summed E-state index contributed by atoms with van der Waals surface area (Å²) in [6.45, 7) is 1.20. The molecule has 8 heavy (non-hydrogen) atoms. The molecule has 0 aliphatic rings. The van der Waals surface area contributed by atoms with Crippen LogP contribution in [0.2, 0.25) is 0 Å². The molecule has 2 radical (unpaired) electrons. The van der Waals surface area contributed by atoms with Gasteiger partial charge in [-0.1, -0.05) is 0 Å². The van der Waals surface area contributed by atoms with Crippen molar-refractivity contribution in [1.82, 2.24) is 0 Å². The predicted octanol–water partition coefficient (Wildman–Crippen LogP) is -1.31. The second-order valence-corrected chi connectivity index (χ2v) is 1.01. The van der Waals surface area contributed by atoms with Crippen molar-refractivity contribution >= 4 is 86.9 Å². The minimum atomic E-state index is -1.23. The summed E-state index contributed by atoms with van der Waals surface area (Å²) in [5.41, 5.74) is 0. The van der Waals surface area contributed by atoms with Gasteiger partial charge >= 0.3 is 5.97 Å². The zero-order valence-corrected chi connectivity index (χ0v) is 10.5. The van der Waals surface area contributed by atoms with Gasteiger partial charge in [0.2, 0.25) is 0 Å². The van der Waals surface area contributed by atoms with Crippen LogP contribution in [-0.4, -0.2) is 103 Å².